The Kier molecular flexibility index (Phi) is 12.8. The molecule has 2 amide bonds. The number of rotatable bonds is 12. The molecule has 0 aromatic rings. The van der Waals surface area contributed by atoms with Gasteiger partial charge in [0.15, 0.2) is 0 Å². The summed E-state index contributed by atoms with van der Waals surface area (Å²) in [5.41, 5.74) is 0.318. The fourth-order valence-electron chi connectivity index (χ4n) is 11.8. The monoisotopic (exact) mass is 718 g/mol. The molecule has 7 rings (SSSR count). The van der Waals surface area contributed by atoms with Crippen LogP contribution in [-0.2, 0) is 19.2 Å². The van der Waals surface area contributed by atoms with Gasteiger partial charge in [-0.2, -0.15) is 5.06 Å². The van der Waals surface area contributed by atoms with E-state index in [1.54, 1.807) is 14.0 Å². The van der Waals surface area contributed by atoms with Gasteiger partial charge in [-0.1, -0.05) is 33.6 Å². The second-order valence-corrected chi connectivity index (χ2v) is 18.5. The molecule has 2 aliphatic heterocycles. The van der Waals surface area contributed by atoms with Gasteiger partial charge in [0.05, 0.1) is 25.4 Å². The van der Waals surface area contributed by atoms with Gasteiger partial charge in [-0.3, -0.25) is 14.4 Å². The number of aliphatic hydroxyl groups is 2. The highest BCUT2D eigenvalue weighted by atomic mass is 16.7. The first-order valence-electron chi connectivity index (χ1n) is 20.6. The predicted octanol–water partition coefficient (Wildman–Crippen LogP) is 3.18. The molecule has 0 radical (unpaired) electrons. The molecule has 292 valence electrons. The number of ether oxygens (including phenoxy) is 1. The highest BCUT2D eigenvalue weighted by Crippen LogP contribution is 2.61. The fraction of sp³-hybridized carbons (Fsp3) is 0.950. The molecule has 51 heavy (non-hydrogen) atoms. The molecule has 5 aliphatic carbocycles. The predicted molar refractivity (Wildman–Crippen MR) is 197 cm³/mol. The first-order chi connectivity index (χ1) is 24.3. The normalized spacial score (nSPS) is 43.3. The summed E-state index contributed by atoms with van der Waals surface area (Å²) in [6, 6.07) is 0.0569. The maximum Gasteiger partial charge on any atom is 0.240 e. The summed E-state index contributed by atoms with van der Waals surface area (Å²) >= 11 is 0. The number of hydrogen-bond acceptors (Lipinski definition) is 9. The molecule has 5 N–H and O–H groups in total. The van der Waals surface area contributed by atoms with Crippen LogP contribution in [0, 0.1) is 52.8 Å². The van der Waals surface area contributed by atoms with Crippen LogP contribution >= 0.6 is 0 Å². The van der Waals surface area contributed by atoms with Crippen LogP contribution in [0.25, 0.3) is 0 Å². The van der Waals surface area contributed by atoms with E-state index in [9.17, 15) is 19.8 Å². The quantitative estimate of drug-likeness (QED) is 0.206. The molecule has 7 unspecified atom stereocenters. The standard InChI is InChI=1S/C40H71N5O6/c1-23-32-18-28(40(32,3)4)19-33(23)43-39(49)36-35(24(2)47)34(21-46)51-45(36)20-25-11-10-13-31(37(25)50-22-29-12-8-9-14-42-29)26-15-27(38(48)41-5)17-30(16-26)44(6)7/h23-37,42,46-47H,8-22H2,1-7H3,(H,41,48)(H,43,49)/t23-,24-,25?,26?,27?,28+,29?,30?,31?,32-,33-,34-,35+,36-,37?/m0/s1. The van der Waals surface area contributed by atoms with Crippen molar-refractivity contribution in [2.75, 3.05) is 47.4 Å². The Labute approximate surface area is 307 Å². The molecule has 11 heteroatoms. The third-order valence-electron chi connectivity index (χ3n) is 15.0. The highest BCUT2D eigenvalue weighted by molar-refractivity contribution is 5.83. The first-order valence-corrected chi connectivity index (χ1v) is 20.6. The summed E-state index contributed by atoms with van der Waals surface area (Å²) in [5.74, 6) is 1.81. The molecule has 7 fully saturated rings. The maximum absolute atomic E-state index is 14.4. The molecular weight excluding hydrogens is 646 g/mol. The first kappa shape index (κ1) is 39.4. The number of carbonyl (C=O) groups excluding carboxylic acids is 2. The minimum atomic E-state index is -0.825. The molecule has 2 saturated heterocycles. The van der Waals surface area contributed by atoms with E-state index in [1.807, 2.05) is 5.06 Å². The van der Waals surface area contributed by atoms with E-state index in [-0.39, 0.29) is 48.3 Å². The van der Waals surface area contributed by atoms with Crippen molar-refractivity contribution in [3.8, 4) is 0 Å². The third kappa shape index (κ3) is 8.20. The Balaban J connectivity index is 1.24. The van der Waals surface area contributed by atoms with Crippen molar-refractivity contribution in [1.29, 1.82) is 0 Å². The smallest absolute Gasteiger partial charge is 0.240 e. The second kappa shape index (κ2) is 16.6. The van der Waals surface area contributed by atoms with Crippen LogP contribution in [-0.4, -0.2) is 122 Å². The zero-order chi connectivity index (χ0) is 36.6. The lowest BCUT2D eigenvalue weighted by molar-refractivity contribution is -0.195. The van der Waals surface area contributed by atoms with Gasteiger partial charge in [0, 0.05) is 49.5 Å². The van der Waals surface area contributed by atoms with Crippen molar-refractivity contribution in [1.82, 2.24) is 25.9 Å². The van der Waals surface area contributed by atoms with E-state index in [2.05, 4.69) is 55.7 Å². The summed E-state index contributed by atoms with van der Waals surface area (Å²) in [4.78, 5) is 36.2. The summed E-state index contributed by atoms with van der Waals surface area (Å²) in [5, 5.41) is 33.4. The number of hydrogen-bond donors (Lipinski definition) is 5. The Morgan fingerprint density at radius 3 is 2.47 bits per heavy atom. The zero-order valence-electron chi connectivity index (χ0n) is 32.7. The number of fused-ring (bicyclic) bond motifs is 2. The van der Waals surface area contributed by atoms with Crippen LogP contribution in [0.5, 0.6) is 0 Å². The number of amides is 2. The van der Waals surface area contributed by atoms with Crippen LogP contribution in [0.4, 0.5) is 0 Å². The van der Waals surface area contributed by atoms with E-state index < -0.39 is 24.2 Å². The van der Waals surface area contributed by atoms with E-state index in [0.29, 0.717) is 54.3 Å². The number of carbonyl (C=O) groups is 2. The van der Waals surface area contributed by atoms with Gasteiger partial charge >= 0.3 is 0 Å². The Morgan fingerprint density at radius 1 is 1.06 bits per heavy atom. The second-order valence-electron chi connectivity index (χ2n) is 18.5. The fourth-order valence-corrected chi connectivity index (χ4v) is 11.8. The topological polar surface area (TPSA) is 136 Å². The van der Waals surface area contributed by atoms with Gasteiger partial charge in [-0.25, -0.2) is 0 Å². The van der Waals surface area contributed by atoms with Gasteiger partial charge in [-0.15, -0.1) is 0 Å². The molecule has 0 spiro atoms. The van der Waals surface area contributed by atoms with Crippen molar-refractivity contribution in [3.63, 3.8) is 0 Å². The number of nitrogens with zero attached hydrogens (tertiary/aromatic N) is 2. The van der Waals surface area contributed by atoms with Crippen LogP contribution in [0.15, 0.2) is 0 Å². The summed E-state index contributed by atoms with van der Waals surface area (Å²) < 4.78 is 7.07. The molecule has 15 atom stereocenters. The van der Waals surface area contributed by atoms with E-state index in [1.165, 1.54) is 19.3 Å². The minimum Gasteiger partial charge on any atom is -0.394 e. The minimum absolute atomic E-state index is 0.0203. The molecule has 7 aliphatic rings. The van der Waals surface area contributed by atoms with Gasteiger partial charge in [0.1, 0.15) is 12.1 Å². The van der Waals surface area contributed by atoms with Crippen LogP contribution in [0.2, 0.25) is 0 Å². The SMILES string of the molecule is CNC(=O)C1CC(C2CCCC(CN3O[C@@H](CO)[C@@H]([C@H](C)O)[C@H]3C(=O)N[C@H]3C[C@H]4C[C@@H]([C@@H]3C)C4(C)C)C2OCC2CCCCN2)CC(N(C)C)C1. The summed E-state index contributed by atoms with van der Waals surface area (Å²) in [6.45, 7) is 10.6. The van der Waals surface area contributed by atoms with Gasteiger partial charge in [-0.05, 0) is 120 Å². The van der Waals surface area contributed by atoms with E-state index >= 15 is 0 Å². The Hall–Kier alpha value is -1.34. The van der Waals surface area contributed by atoms with Crippen LogP contribution in [0.1, 0.15) is 98.3 Å². The van der Waals surface area contributed by atoms with E-state index in [0.717, 1.165) is 57.9 Å². The van der Waals surface area contributed by atoms with Crippen molar-refractivity contribution < 1.29 is 29.4 Å². The number of nitrogens with one attached hydrogen (secondary N) is 3. The van der Waals surface area contributed by atoms with Crippen molar-refractivity contribution in [2.45, 2.75) is 141 Å². The molecule has 11 nitrogen and oxygen atoms in total. The van der Waals surface area contributed by atoms with Crippen molar-refractivity contribution in [3.05, 3.63) is 0 Å². The summed E-state index contributed by atoms with van der Waals surface area (Å²) in [7, 11) is 6.01. The molecule has 0 aromatic heterocycles. The van der Waals surface area contributed by atoms with Gasteiger partial charge in [0.25, 0.3) is 0 Å². The largest absolute Gasteiger partial charge is 0.394 e. The number of aliphatic hydroxyl groups excluding tert-OH is 2. The van der Waals surface area contributed by atoms with Crippen molar-refractivity contribution in [2.24, 2.45) is 52.8 Å². The lowest BCUT2D eigenvalue weighted by Gasteiger charge is -2.62. The summed E-state index contributed by atoms with van der Waals surface area (Å²) in [6.07, 6.45) is 10.1. The zero-order valence-corrected chi connectivity index (χ0v) is 32.7. The third-order valence-corrected chi connectivity index (χ3v) is 15.0. The molecule has 0 aromatic carbocycles. The highest BCUT2D eigenvalue weighted by Gasteiger charge is 2.58. The average molecular weight is 718 g/mol. The molecular formula is C40H71N5O6. The maximum atomic E-state index is 14.4. The van der Waals surface area contributed by atoms with Gasteiger partial charge < -0.3 is 35.8 Å². The lowest BCUT2D eigenvalue weighted by atomic mass is 9.45. The number of hydroxylamine groups is 2. The van der Waals surface area contributed by atoms with Crippen LogP contribution in [0.3, 0.4) is 0 Å². The Morgan fingerprint density at radius 2 is 1.84 bits per heavy atom. The van der Waals surface area contributed by atoms with Crippen molar-refractivity contribution >= 4 is 11.8 Å². The van der Waals surface area contributed by atoms with Gasteiger partial charge in [0.2, 0.25) is 11.8 Å². The molecule has 2 bridgehead atoms. The van der Waals surface area contributed by atoms with E-state index in [4.69, 9.17) is 9.57 Å². The lowest BCUT2D eigenvalue weighted by Crippen LogP contribution is -2.62. The Bertz CT molecular complexity index is 1180. The molecule has 2 heterocycles. The van der Waals surface area contributed by atoms with Crippen LogP contribution < -0.4 is 16.0 Å². The molecule has 5 saturated carbocycles. The number of piperidine rings is 1. The average Bonchev–Trinajstić information content (AvgIpc) is 3.50.